The fraction of sp³-hybridized carbons (Fsp3) is 0.500. The molecule has 0 saturated heterocycles. The molecule has 94 valence electrons. The smallest absolute Gasteiger partial charge is 0.252 e. The molecular formula is C12H16O3S2. The van der Waals surface area contributed by atoms with Gasteiger partial charge in [0.1, 0.15) is 5.44 Å². The fourth-order valence-electron chi connectivity index (χ4n) is 1.69. The van der Waals surface area contributed by atoms with E-state index >= 15 is 0 Å². The molecule has 5 heteroatoms. The van der Waals surface area contributed by atoms with Crippen molar-refractivity contribution in [3.05, 3.63) is 29.8 Å². The summed E-state index contributed by atoms with van der Waals surface area (Å²) in [5.41, 5.74) is 0.500. The normalized spacial score (nSPS) is 18.7. The Hall–Kier alpha value is -0.520. The van der Waals surface area contributed by atoms with Gasteiger partial charge in [0.2, 0.25) is 0 Å². The van der Waals surface area contributed by atoms with Crippen molar-refractivity contribution in [2.45, 2.75) is 36.5 Å². The molecule has 1 saturated carbocycles. The van der Waals surface area contributed by atoms with Crippen LogP contribution in [0, 0.1) is 12.8 Å². The van der Waals surface area contributed by atoms with Gasteiger partial charge in [-0.15, -0.1) is 12.6 Å². The summed E-state index contributed by atoms with van der Waals surface area (Å²) in [6.07, 6.45) is 3.13. The summed E-state index contributed by atoms with van der Waals surface area (Å²) in [5, 5.41) is 0. The van der Waals surface area contributed by atoms with Gasteiger partial charge in [-0.1, -0.05) is 24.1 Å². The minimum atomic E-state index is -3.67. The van der Waals surface area contributed by atoms with Crippen LogP contribution in [0.2, 0.25) is 0 Å². The Morgan fingerprint density at radius 3 is 2.35 bits per heavy atom. The number of thiol groups is 1. The van der Waals surface area contributed by atoms with E-state index in [1.807, 2.05) is 6.92 Å². The number of hydrogen-bond donors (Lipinski definition) is 1. The van der Waals surface area contributed by atoms with Gasteiger partial charge >= 0.3 is 0 Å². The highest BCUT2D eigenvalue weighted by atomic mass is 32.2. The lowest BCUT2D eigenvalue weighted by Gasteiger charge is -2.29. The van der Waals surface area contributed by atoms with Crippen LogP contribution in [0.4, 0.5) is 0 Å². The van der Waals surface area contributed by atoms with Crippen molar-refractivity contribution in [3.63, 3.8) is 0 Å². The van der Waals surface area contributed by atoms with Crippen molar-refractivity contribution in [1.82, 2.24) is 0 Å². The van der Waals surface area contributed by atoms with Gasteiger partial charge in [-0.25, -0.2) is 0 Å². The van der Waals surface area contributed by atoms with Gasteiger partial charge in [-0.3, -0.25) is 4.18 Å². The third-order valence-corrected chi connectivity index (χ3v) is 5.07. The fourth-order valence-corrected chi connectivity index (χ4v) is 3.33. The van der Waals surface area contributed by atoms with Crippen LogP contribution < -0.4 is 0 Å². The van der Waals surface area contributed by atoms with Crippen LogP contribution in [0.15, 0.2) is 29.2 Å². The molecule has 0 heterocycles. The highest BCUT2D eigenvalue weighted by Crippen LogP contribution is 2.34. The van der Waals surface area contributed by atoms with Crippen molar-refractivity contribution in [3.8, 4) is 0 Å². The zero-order valence-electron chi connectivity index (χ0n) is 9.67. The molecule has 0 spiro atoms. The maximum atomic E-state index is 11.9. The molecule has 1 atom stereocenters. The molecule has 1 aromatic rings. The van der Waals surface area contributed by atoms with E-state index in [2.05, 4.69) is 12.6 Å². The topological polar surface area (TPSA) is 43.4 Å². The third kappa shape index (κ3) is 3.03. The quantitative estimate of drug-likeness (QED) is 0.521. The zero-order chi connectivity index (χ0) is 12.5. The maximum Gasteiger partial charge on any atom is 0.298 e. The largest absolute Gasteiger partial charge is 0.298 e. The molecule has 0 amide bonds. The Labute approximate surface area is 108 Å². The molecule has 0 radical (unpaired) electrons. The molecule has 0 N–H and O–H groups in total. The lowest BCUT2D eigenvalue weighted by Crippen LogP contribution is -2.27. The Morgan fingerprint density at radius 1 is 1.29 bits per heavy atom. The Morgan fingerprint density at radius 2 is 1.88 bits per heavy atom. The monoisotopic (exact) mass is 272 g/mol. The van der Waals surface area contributed by atoms with Crippen LogP contribution in [-0.2, 0) is 14.3 Å². The van der Waals surface area contributed by atoms with Crippen LogP contribution >= 0.6 is 12.6 Å². The van der Waals surface area contributed by atoms with E-state index in [1.54, 1.807) is 24.3 Å². The summed E-state index contributed by atoms with van der Waals surface area (Å²) in [4.78, 5) is 0.196. The molecular weight excluding hydrogens is 256 g/mol. The van der Waals surface area contributed by atoms with Crippen molar-refractivity contribution in [2.75, 3.05) is 0 Å². The van der Waals surface area contributed by atoms with Crippen molar-refractivity contribution < 1.29 is 12.6 Å². The predicted octanol–water partition coefficient (Wildman–Crippen LogP) is 2.76. The lowest BCUT2D eigenvalue weighted by atomic mass is 9.86. The molecule has 17 heavy (non-hydrogen) atoms. The molecule has 1 aromatic carbocycles. The third-order valence-electron chi connectivity index (χ3n) is 3.09. The van der Waals surface area contributed by atoms with Crippen molar-refractivity contribution in [1.29, 1.82) is 0 Å². The van der Waals surface area contributed by atoms with E-state index in [0.717, 1.165) is 24.8 Å². The van der Waals surface area contributed by atoms with Crippen LogP contribution in [-0.4, -0.2) is 13.9 Å². The molecule has 1 aliphatic carbocycles. The second-order valence-corrected chi connectivity index (χ2v) is 6.53. The number of aryl methyl sites for hydroxylation is 1. The summed E-state index contributed by atoms with van der Waals surface area (Å²) in [6.45, 7) is 1.91. The second kappa shape index (κ2) is 5.00. The second-order valence-electron chi connectivity index (χ2n) is 4.44. The molecule has 1 unspecified atom stereocenters. The minimum Gasteiger partial charge on any atom is -0.252 e. The molecule has 2 rings (SSSR count). The summed E-state index contributed by atoms with van der Waals surface area (Å²) >= 11 is 4.22. The number of benzene rings is 1. The molecule has 0 aromatic heterocycles. The van der Waals surface area contributed by atoms with Gasteiger partial charge in [0, 0.05) is 0 Å². The van der Waals surface area contributed by atoms with E-state index in [1.165, 1.54) is 0 Å². The molecule has 1 aliphatic rings. The average Bonchev–Trinajstić information content (AvgIpc) is 2.14. The van der Waals surface area contributed by atoms with Crippen LogP contribution in [0.3, 0.4) is 0 Å². The average molecular weight is 272 g/mol. The Balaban J connectivity index is 2.10. The van der Waals surface area contributed by atoms with E-state index in [9.17, 15) is 8.42 Å². The van der Waals surface area contributed by atoms with Gasteiger partial charge < -0.3 is 0 Å². The van der Waals surface area contributed by atoms with Crippen LogP contribution in [0.25, 0.3) is 0 Å². The first-order chi connectivity index (χ1) is 7.99. The lowest BCUT2D eigenvalue weighted by molar-refractivity contribution is 0.159. The first-order valence-electron chi connectivity index (χ1n) is 5.67. The van der Waals surface area contributed by atoms with Gasteiger partial charge in [0.25, 0.3) is 10.1 Å². The predicted molar refractivity (Wildman–Crippen MR) is 69.6 cm³/mol. The van der Waals surface area contributed by atoms with E-state index in [-0.39, 0.29) is 10.8 Å². The van der Waals surface area contributed by atoms with E-state index < -0.39 is 15.6 Å². The highest BCUT2D eigenvalue weighted by Gasteiger charge is 2.30. The van der Waals surface area contributed by atoms with Gasteiger partial charge in [0.05, 0.1) is 4.90 Å². The van der Waals surface area contributed by atoms with Crippen molar-refractivity contribution in [2.24, 2.45) is 5.92 Å². The minimum absolute atomic E-state index is 0.196. The number of rotatable bonds is 4. The van der Waals surface area contributed by atoms with E-state index in [4.69, 9.17) is 4.18 Å². The van der Waals surface area contributed by atoms with Crippen LogP contribution in [0.1, 0.15) is 24.8 Å². The van der Waals surface area contributed by atoms with Crippen LogP contribution in [0.5, 0.6) is 0 Å². The van der Waals surface area contributed by atoms with Gasteiger partial charge in [-0.05, 0) is 37.8 Å². The SMILES string of the molecule is Cc1ccc(S(=O)(=O)OC(S)C2CCC2)cc1. The maximum absolute atomic E-state index is 11.9. The molecule has 0 aliphatic heterocycles. The standard InChI is InChI=1S/C12H16O3S2/c1-9-5-7-11(8-6-9)17(13,14)15-12(16)10-3-2-4-10/h5-8,10,12,16H,2-4H2,1H3. The summed E-state index contributed by atoms with van der Waals surface area (Å²) < 4.78 is 29.0. The zero-order valence-corrected chi connectivity index (χ0v) is 11.4. The van der Waals surface area contributed by atoms with E-state index in [0.29, 0.717) is 0 Å². The number of hydrogen-bond acceptors (Lipinski definition) is 4. The molecule has 3 nitrogen and oxygen atoms in total. The Kier molecular flexibility index (Phi) is 3.80. The Bertz CT molecular complexity index is 475. The summed E-state index contributed by atoms with van der Waals surface area (Å²) in [7, 11) is -3.67. The van der Waals surface area contributed by atoms with Gasteiger partial charge in [0.15, 0.2) is 0 Å². The highest BCUT2D eigenvalue weighted by molar-refractivity contribution is 7.88. The summed E-state index contributed by atoms with van der Waals surface area (Å²) in [6, 6.07) is 6.64. The molecule has 1 fully saturated rings. The van der Waals surface area contributed by atoms with Gasteiger partial charge in [-0.2, -0.15) is 8.42 Å². The molecule has 0 bridgehead atoms. The first-order valence-corrected chi connectivity index (χ1v) is 7.59. The summed E-state index contributed by atoms with van der Waals surface area (Å²) in [5.74, 6) is 0.263. The van der Waals surface area contributed by atoms with Crippen molar-refractivity contribution >= 4 is 22.7 Å². The first kappa shape index (κ1) is 12.9.